The lowest BCUT2D eigenvalue weighted by Gasteiger charge is -2.27. The number of nitrogens with one attached hydrogen (secondary N) is 2. The SMILES string of the molecule is C[C@H](N)C(=O)N[C@@H](Cc1c[nH]c2ccccc12)C(=O)N1CCC[C@@H]1C(=O)O. The fourth-order valence-electron chi connectivity index (χ4n) is 3.51. The van der Waals surface area contributed by atoms with Gasteiger partial charge in [-0.2, -0.15) is 0 Å². The van der Waals surface area contributed by atoms with Crippen LogP contribution >= 0.6 is 0 Å². The van der Waals surface area contributed by atoms with Crippen LogP contribution in [0.1, 0.15) is 25.3 Å². The first kappa shape index (κ1) is 18.9. The molecule has 2 amide bonds. The molecule has 1 aliphatic rings. The maximum Gasteiger partial charge on any atom is 0.326 e. The van der Waals surface area contributed by atoms with Crippen LogP contribution in [0.4, 0.5) is 0 Å². The number of H-pyrrole nitrogens is 1. The van der Waals surface area contributed by atoms with E-state index in [0.29, 0.717) is 19.4 Å². The van der Waals surface area contributed by atoms with Gasteiger partial charge >= 0.3 is 5.97 Å². The first-order valence-corrected chi connectivity index (χ1v) is 9.02. The summed E-state index contributed by atoms with van der Waals surface area (Å²) < 4.78 is 0. The van der Waals surface area contributed by atoms with E-state index in [1.54, 1.807) is 6.92 Å². The quantitative estimate of drug-likeness (QED) is 0.591. The number of nitrogens with two attached hydrogens (primary N) is 1. The molecule has 1 aromatic heterocycles. The summed E-state index contributed by atoms with van der Waals surface area (Å²) in [6.07, 6.45) is 3.11. The van der Waals surface area contributed by atoms with Gasteiger partial charge in [-0.1, -0.05) is 18.2 Å². The minimum atomic E-state index is -1.02. The Morgan fingerprint density at radius 3 is 2.81 bits per heavy atom. The Hall–Kier alpha value is -2.87. The molecule has 5 N–H and O–H groups in total. The number of carboxylic acid groups (broad SMARTS) is 1. The Labute approximate surface area is 156 Å². The molecule has 2 heterocycles. The number of hydrogen-bond acceptors (Lipinski definition) is 4. The summed E-state index contributed by atoms with van der Waals surface area (Å²) in [5, 5.41) is 13.0. The van der Waals surface area contributed by atoms with E-state index in [2.05, 4.69) is 10.3 Å². The molecule has 2 aromatic rings. The highest BCUT2D eigenvalue weighted by Gasteiger charge is 2.38. The summed E-state index contributed by atoms with van der Waals surface area (Å²) in [5.41, 5.74) is 7.45. The van der Waals surface area contributed by atoms with Crippen LogP contribution in [0.25, 0.3) is 10.9 Å². The maximum absolute atomic E-state index is 13.1. The van der Waals surface area contributed by atoms with Crippen LogP contribution in [-0.2, 0) is 20.8 Å². The molecule has 27 heavy (non-hydrogen) atoms. The summed E-state index contributed by atoms with van der Waals surface area (Å²) in [5.74, 6) is -1.86. The van der Waals surface area contributed by atoms with E-state index in [9.17, 15) is 19.5 Å². The Morgan fingerprint density at radius 1 is 1.37 bits per heavy atom. The van der Waals surface area contributed by atoms with Crippen molar-refractivity contribution in [1.82, 2.24) is 15.2 Å². The molecular weight excluding hydrogens is 348 g/mol. The second kappa shape index (κ2) is 7.79. The molecule has 3 rings (SSSR count). The zero-order valence-electron chi connectivity index (χ0n) is 15.1. The van der Waals surface area contributed by atoms with E-state index >= 15 is 0 Å². The Bertz CT molecular complexity index is 860. The highest BCUT2D eigenvalue weighted by molar-refractivity contribution is 5.93. The van der Waals surface area contributed by atoms with Gasteiger partial charge in [0.05, 0.1) is 6.04 Å². The van der Waals surface area contributed by atoms with Crippen molar-refractivity contribution in [2.45, 2.75) is 44.3 Å². The lowest BCUT2D eigenvalue weighted by molar-refractivity contribution is -0.149. The van der Waals surface area contributed by atoms with E-state index in [4.69, 9.17) is 5.73 Å². The van der Waals surface area contributed by atoms with Crippen molar-refractivity contribution < 1.29 is 19.5 Å². The van der Waals surface area contributed by atoms with Gasteiger partial charge < -0.3 is 26.0 Å². The topological polar surface area (TPSA) is 129 Å². The summed E-state index contributed by atoms with van der Waals surface area (Å²) >= 11 is 0. The van der Waals surface area contributed by atoms with Gasteiger partial charge in [-0.05, 0) is 31.4 Å². The zero-order chi connectivity index (χ0) is 19.6. The highest BCUT2D eigenvalue weighted by Crippen LogP contribution is 2.22. The van der Waals surface area contributed by atoms with Gasteiger partial charge in [0, 0.05) is 30.1 Å². The van der Waals surface area contributed by atoms with Crippen molar-refractivity contribution in [1.29, 1.82) is 0 Å². The van der Waals surface area contributed by atoms with E-state index in [0.717, 1.165) is 16.5 Å². The normalized spacial score (nSPS) is 19.0. The van der Waals surface area contributed by atoms with Crippen LogP contribution in [0, 0.1) is 0 Å². The molecule has 0 spiro atoms. The van der Waals surface area contributed by atoms with Crippen molar-refractivity contribution in [2.75, 3.05) is 6.54 Å². The molecule has 8 nitrogen and oxygen atoms in total. The third-order valence-electron chi connectivity index (χ3n) is 4.95. The minimum Gasteiger partial charge on any atom is -0.480 e. The van der Waals surface area contributed by atoms with E-state index in [1.165, 1.54) is 4.90 Å². The van der Waals surface area contributed by atoms with E-state index in [-0.39, 0.29) is 12.3 Å². The molecule has 0 saturated carbocycles. The number of para-hydroxylation sites is 1. The summed E-state index contributed by atoms with van der Waals surface area (Å²) in [6.45, 7) is 1.91. The summed E-state index contributed by atoms with van der Waals surface area (Å²) in [4.78, 5) is 41.2. The van der Waals surface area contributed by atoms with Crippen molar-refractivity contribution >= 4 is 28.7 Å². The number of likely N-dealkylation sites (tertiary alicyclic amines) is 1. The first-order valence-electron chi connectivity index (χ1n) is 9.02. The molecule has 0 unspecified atom stereocenters. The molecule has 0 bridgehead atoms. The van der Waals surface area contributed by atoms with Crippen LogP contribution in [0.5, 0.6) is 0 Å². The number of nitrogens with zero attached hydrogens (tertiary/aromatic N) is 1. The van der Waals surface area contributed by atoms with Crippen molar-refractivity contribution in [3.8, 4) is 0 Å². The molecule has 1 aliphatic heterocycles. The van der Waals surface area contributed by atoms with Gasteiger partial charge in [0.25, 0.3) is 0 Å². The van der Waals surface area contributed by atoms with Gasteiger partial charge in [-0.25, -0.2) is 4.79 Å². The Morgan fingerprint density at radius 2 is 2.11 bits per heavy atom. The highest BCUT2D eigenvalue weighted by atomic mass is 16.4. The first-order chi connectivity index (χ1) is 12.9. The standard InChI is InChI=1S/C19H24N4O4/c1-11(20)17(24)22-15(18(25)23-8-4-7-16(23)19(26)27)9-12-10-21-14-6-3-2-5-13(12)14/h2-3,5-6,10-11,15-16,21H,4,7-9,20H2,1H3,(H,22,24)(H,26,27)/t11-,15-,16+/m0/s1. The second-order valence-electron chi connectivity index (χ2n) is 6.94. The number of aromatic amines is 1. The molecule has 144 valence electrons. The summed E-state index contributed by atoms with van der Waals surface area (Å²) in [6, 6.07) is 5.18. The lowest BCUT2D eigenvalue weighted by Crippen LogP contribution is -2.54. The van der Waals surface area contributed by atoms with Crippen molar-refractivity contribution in [2.24, 2.45) is 5.73 Å². The van der Waals surface area contributed by atoms with Crippen molar-refractivity contribution in [3.63, 3.8) is 0 Å². The number of aromatic nitrogens is 1. The Balaban J connectivity index is 1.87. The molecule has 1 saturated heterocycles. The third-order valence-corrected chi connectivity index (χ3v) is 4.95. The molecule has 1 aromatic carbocycles. The molecule has 1 fully saturated rings. The average molecular weight is 372 g/mol. The van der Waals surface area contributed by atoms with Crippen LogP contribution in [0.15, 0.2) is 30.5 Å². The maximum atomic E-state index is 13.1. The average Bonchev–Trinajstić information content (AvgIpc) is 3.28. The molecule has 3 atom stereocenters. The smallest absolute Gasteiger partial charge is 0.326 e. The molecule has 0 aliphatic carbocycles. The van der Waals surface area contributed by atoms with Crippen LogP contribution in [-0.4, -0.2) is 57.4 Å². The summed E-state index contributed by atoms with van der Waals surface area (Å²) in [7, 11) is 0. The van der Waals surface area contributed by atoms with Crippen LogP contribution in [0.2, 0.25) is 0 Å². The zero-order valence-corrected chi connectivity index (χ0v) is 15.1. The second-order valence-corrected chi connectivity index (χ2v) is 6.94. The molecular formula is C19H24N4O4. The van der Waals surface area contributed by atoms with Gasteiger partial charge in [-0.15, -0.1) is 0 Å². The Kier molecular flexibility index (Phi) is 5.46. The van der Waals surface area contributed by atoms with Gasteiger partial charge in [0.15, 0.2) is 0 Å². The lowest BCUT2D eigenvalue weighted by atomic mass is 10.0. The third kappa shape index (κ3) is 3.95. The van der Waals surface area contributed by atoms with Gasteiger partial charge in [0.2, 0.25) is 11.8 Å². The number of carbonyl (C=O) groups is 3. The van der Waals surface area contributed by atoms with Crippen LogP contribution < -0.4 is 11.1 Å². The number of rotatable bonds is 6. The monoisotopic (exact) mass is 372 g/mol. The van der Waals surface area contributed by atoms with Gasteiger partial charge in [0.1, 0.15) is 12.1 Å². The predicted molar refractivity (Wildman–Crippen MR) is 100.0 cm³/mol. The number of aliphatic carboxylic acids is 1. The minimum absolute atomic E-state index is 0.254. The molecule has 0 radical (unpaired) electrons. The van der Waals surface area contributed by atoms with Crippen LogP contribution in [0.3, 0.4) is 0 Å². The van der Waals surface area contributed by atoms with E-state index < -0.39 is 30.0 Å². The number of carbonyl (C=O) groups excluding carboxylic acids is 2. The number of fused-ring (bicyclic) bond motifs is 1. The predicted octanol–water partition coefficient (Wildman–Crippen LogP) is 0.618. The fraction of sp³-hybridized carbons (Fsp3) is 0.421. The number of amides is 2. The van der Waals surface area contributed by atoms with Gasteiger partial charge in [-0.3, -0.25) is 9.59 Å². The molecule has 8 heteroatoms. The van der Waals surface area contributed by atoms with E-state index in [1.807, 2.05) is 30.5 Å². The van der Waals surface area contributed by atoms with Crippen molar-refractivity contribution in [3.05, 3.63) is 36.0 Å². The number of hydrogen-bond donors (Lipinski definition) is 4. The number of carboxylic acids is 1. The fourth-order valence-corrected chi connectivity index (χ4v) is 3.51. The largest absolute Gasteiger partial charge is 0.480 e. The number of benzene rings is 1.